The van der Waals surface area contributed by atoms with Crippen LogP contribution in [0.4, 0.5) is 11.4 Å². The summed E-state index contributed by atoms with van der Waals surface area (Å²) in [6.45, 7) is 0. The molecular formula is C14H14ClN3O. The maximum absolute atomic E-state index is 12.1. The molecule has 0 atom stereocenters. The molecule has 0 aliphatic heterocycles. The number of carbonyl (C=O) groups is 1. The molecule has 0 spiro atoms. The monoisotopic (exact) mass is 275 g/mol. The molecule has 1 aromatic carbocycles. The standard InChI is InChI=1S/C14H14ClN3O/c1-18(2)11-5-3-4-10(8-11)17-14(19)12-9-16-7-6-13(12)15/h3-9H,1-2H3,(H,17,19). The summed E-state index contributed by atoms with van der Waals surface area (Å²) in [4.78, 5) is 17.9. The number of nitrogens with one attached hydrogen (secondary N) is 1. The van der Waals surface area contributed by atoms with E-state index in [4.69, 9.17) is 11.6 Å². The summed E-state index contributed by atoms with van der Waals surface area (Å²) >= 11 is 5.96. The highest BCUT2D eigenvalue weighted by Gasteiger charge is 2.10. The second-order valence-corrected chi connectivity index (χ2v) is 4.66. The number of carbonyl (C=O) groups excluding carboxylic acids is 1. The maximum atomic E-state index is 12.1. The first kappa shape index (κ1) is 13.4. The van der Waals surface area contributed by atoms with Crippen LogP contribution < -0.4 is 10.2 Å². The molecule has 19 heavy (non-hydrogen) atoms. The molecule has 2 rings (SSSR count). The first-order valence-corrected chi connectivity index (χ1v) is 6.14. The molecular weight excluding hydrogens is 262 g/mol. The summed E-state index contributed by atoms with van der Waals surface area (Å²) in [7, 11) is 3.89. The lowest BCUT2D eigenvalue weighted by Crippen LogP contribution is -2.14. The van der Waals surface area contributed by atoms with E-state index in [0.717, 1.165) is 11.4 Å². The van der Waals surface area contributed by atoms with Gasteiger partial charge in [0.05, 0.1) is 10.6 Å². The van der Waals surface area contributed by atoms with Crippen molar-refractivity contribution in [2.24, 2.45) is 0 Å². The summed E-state index contributed by atoms with van der Waals surface area (Å²) in [5, 5.41) is 3.19. The van der Waals surface area contributed by atoms with Crippen LogP contribution >= 0.6 is 11.6 Å². The fourth-order valence-electron chi connectivity index (χ4n) is 1.60. The van der Waals surface area contributed by atoms with E-state index in [9.17, 15) is 4.79 Å². The molecule has 2 aromatic rings. The van der Waals surface area contributed by atoms with Crippen molar-refractivity contribution in [2.75, 3.05) is 24.3 Å². The molecule has 0 aliphatic carbocycles. The van der Waals surface area contributed by atoms with Crippen molar-refractivity contribution in [1.29, 1.82) is 0 Å². The lowest BCUT2D eigenvalue weighted by atomic mass is 10.2. The Morgan fingerprint density at radius 1 is 1.32 bits per heavy atom. The lowest BCUT2D eigenvalue weighted by Gasteiger charge is -2.14. The number of hydrogen-bond acceptors (Lipinski definition) is 3. The Hall–Kier alpha value is -2.07. The largest absolute Gasteiger partial charge is 0.378 e. The van der Waals surface area contributed by atoms with Crippen LogP contribution in [0.25, 0.3) is 0 Å². The number of nitrogens with zero attached hydrogens (tertiary/aromatic N) is 2. The van der Waals surface area contributed by atoms with Crippen molar-refractivity contribution in [1.82, 2.24) is 4.98 Å². The van der Waals surface area contributed by atoms with E-state index in [1.165, 1.54) is 6.20 Å². The van der Waals surface area contributed by atoms with E-state index in [-0.39, 0.29) is 5.91 Å². The van der Waals surface area contributed by atoms with Crippen molar-refractivity contribution in [2.45, 2.75) is 0 Å². The fraction of sp³-hybridized carbons (Fsp3) is 0.143. The molecule has 0 fully saturated rings. The Morgan fingerprint density at radius 3 is 2.79 bits per heavy atom. The number of rotatable bonds is 3. The van der Waals surface area contributed by atoms with Gasteiger partial charge in [-0.1, -0.05) is 17.7 Å². The second kappa shape index (κ2) is 5.71. The van der Waals surface area contributed by atoms with Crippen molar-refractivity contribution in [3.8, 4) is 0 Å². The normalized spacial score (nSPS) is 10.1. The number of amides is 1. The lowest BCUT2D eigenvalue weighted by molar-refractivity contribution is 0.102. The predicted octanol–water partition coefficient (Wildman–Crippen LogP) is 3.05. The Balaban J connectivity index is 2.20. The zero-order valence-corrected chi connectivity index (χ0v) is 11.5. The minimum atomic E-state index is -0.269. The van der Waals surface area contributed by atoms with Crippen molar-refractivity contribution in [3.63, 3.8) is 0 Å². The van der Waals surface area contributed by atoms with Crippen LogP contribution in [-0.4, -0.2) is 25.0 Å². The maximum Gasteiger partial charge on any atom is 0.258 e. The van der Waals surface area contributed by atoms with Gasteiger partial charge in [0.2, 0.25) is 0 Å². The molecule has 0 unspecified atom stereocenters. The average Bonchev–Trinajstić information content (AvgIpc) is 2.39. The van der Waals surface area contributed by atoms with E-state index in [1.54, 1.807) is 12.3 Å². The van der Waals surface area contributed by atoms with Gasteiger partial charge in [-0.15, -0.1) is 0 Å². The molecule has 1 heterocycles. The molecule has 1 aromatic heterocycles. The van der Waals surface area contributed by atoms with Gasteiger partial charge in [-0.05, 0) is 24.3 Å². The molecule has 98 valence electrons. The third-order valence-corrected chi connectivity index (χ3v) is 2.96. The molecule has 0 radical (unpaired) electrons. The zero-order valence-electron chi connectivity index (χ0n) is 10.7. The number of halogens is 1. The summed E-state index contributed by atoms with van der Waals surface area (Å²) in [6.07, 6.45) is 3.00. The third-order valence-electron chi connectivity index (χ3n) is 2.63. The first-order chi connectivity index (χ1) is 9.08. The number of benzene rings is 1. The molecule has 0 saturated carbocycles. The molecule has 1 amide bonds. The topological polar surface area (TPSA) is 45.2 Å². The van der Waals surface area contributed by atoms with Crippen molar-refractivity contribution >= 4 is 28.9 Å². The smallest absolute Gasteiger partial charge is 0.258 e. The summed E-state index contributed by atoms with van der Waals surface area (Å²) in [5.41, 5.74) is 2.09. The molecule has 0 bridgehead atoms. The highest BCUT2D eigenvalue weighted by Crippen LogP contribution is 2.19. The minimum Gasteiger partial charge on any atom is -0.378 e. The predicted molar refractivity (Wildman–Crippen MR) is 78.0 cm³/mol. The van der Waals surface area contributed by atoms with Gasteiger partial charge < -0.3 is 10.2 Å². The first-order valence-electron chi connectivity index (χ1n) is 5.76. The summed E-state index contributed by atoms with van der Waals surface area (Å²) < 4.78 is 0. The number of aromatic nitrogens is 1. The van der Waals surface area contributed by atoms with Gasteiger partial charge in [-0.25, -0.2) is 0 Å². The molecule has 5 heteroatoms. The SMILES string of the molecule is CN(C)c1cccc(NC(=O)c2cnccc2Cl)c1. The van der Waals surface area contributed by atoms with Crippen LogP contribution in [0, 0.1) is 0 Å². The Morgan fingerprint density at radius 2 is 2.11 bits per heavy atom. The molecule has 1 N–H and O–H groups in total. The Labute approximate surface area is 117 Å². The van der Waals surface area contributed by atoms with Gasteiger partial charge in [-0.3, -0.25) is 9.78 Å². The van der Waals surface area contributed by atoms with Crippen molar-refractivity contribution < 1.29 is 4.79 Å². The third kappa shape index (κ3) is 3.23. The van der Waals surface area contributed by atoms with Gasteiger partial charge in [0.1, 0.15) is 0 Å². The van der Waals surface area contributed by atoms with E-state index in [2.05, 4.69) is 10.3 Å². The van der Waals surface area contributed by atoms with Crippen LogP contribution in [-0.2, 0) is 0 Å². The van der Waals surface area contributed by atoms with Crippen LogP contribution in [0.1, 0.15) is 10.4 Å². The van der Waals surface area contributed by atoms with Crippen LogP contribution in [0.3, 0.4) is 0 Å². The summed E-state index contributed by atoms with van der Waals surface area (Å²) in [6, 6.07) is 9.16. The molecule has 0 aliphatic rings. The van der Waals surface area contributed by atoms with Gasteiger partial charge in [0.25, 0.3) is 5.91 Å². The van der Waals surface area contributed by atoms with E-state index in [1.807, 2.05) is 43.3 Å². The number of hydrogen-bond donors (Lipinski definition) is 1. The van der Waals surface area contributed by atoms with Gasteiger partial charge in [-0.2, -0.15) is 0 Å². The summed E-state index contributed by atoms with van der Waals surface area (Å²) in [5.74, 6) is -0.269. The van der Waals surface area contributed by atoms with E-state index >= 15 is 0 Å². The highest BCUT2D eigenvalue weighted by atomic mass is 35.5. The highest BCUT2D eigenvalue weighted by molar-refractivity contribution is 6.34. The number of anilines is 2. The van der Waals surface area contributed by atoms with Gasteiger partial charge in [0.15, 0.2) is 0 Å². The average molecular weight is 276 g/mol. The van der Waals surface area contributed by atoms with Crippen molar-refractivity contribution in [3.05, 3.63) is 53.3 Å². The molecule has 0 saturated heterocycles. The molecule has 4 nitrogen and oxygen atoms in total. The van der Waals surface area contributed by atoms with Crippen LogP contribution in [0.2, 0.25) is 5.02 Å². The quantitative estimate of drug-likeness (QED) is 0.936. The Bertz CT molecular complexity index is 599. The Kier molecular flexibility index (Phi) is 4.02. The minimum absolute atomic E-state index is 0.269. The van der Waals surface area contributed by atoms with Crippen LogP contribution in [0.15, 0.2) is 42.7 Å². The van der Waals surface area contributed by atoms with Gasteiger partial charge in [0, 0.05) is 37.9 Å². The van der Waals surface area contributed by atoms with Crippen LogP contribution in [0.5, 0.6) is 0 Å². The fourth-order valence-corrected chi connectivity index (χ4v) is 1.80. The number of pyridine rings is 1. The van der Waals surface area contributed by atoms with E-state index in [0.29, 0.717) is 10.6 Å². The zero-order chi connectivity index (χ0) is 13.8. The van der Waals surface area contributed by atoms with Gasteiger partial charge >= 0.3 is 0 Å². The van der Waals surface area contributed by atoms with E-state index < -0.39 is 0 Å². The second-order valence-electron chi connectivity index (χ2n) is 4.25.